The van der Waals surface area contributed by atoms with Crippen molar-refractivity contribution in [3.8, 4) is 0 Å². The first-order chi connectivity index (χ1) is 12.7. The smallest absolute Gasteiger partial charge is 0.224 e. The molecule has 1 unspecified atom stereocenters. The Labute approximate surface area is 155 Å². The number of hydrogen-bond donors (Lipinski definition) is 4. The monoisotopic (exact) mass is 371 g/mol. The van der Waals surface area contributed by atoms with Crippen LogP contribution in [-0.2, 0) is 12.3 Å². The van der Waals surface area contributed by atoms with Crippen LogP contribution >= 0.6 is 11.8 Å². The number of nitrogen functional groups attached to an aromatic ring is 2. The van der Waals surface area contributed by atoms with Gasteiger partial charge in [-0.05, 0) is 5.56 Å². The average Bonchev–Trinajstić information content (AvgIpc) is 2.65. The van der Waals surface area contributed by atoms with Gasteiger partial charge in [-0.1, -0.05) is 30.3 Å². The lowest BCUT2D eigenvalue weighted by atomic mass is 10.2. The molecule has 0 saturated carbocycles. The molecule has 2 heterocycles. The summed E-state index contributed by atoms with van der Waals surface area (Å²) in [5, 5.41) is 12.9. The summed E-state index contributed by atoms with van der Waals surface area (Å²) in [4.78, 5) is 16.6. The Morgan fingerprint density at radius 3 is 2.69 bits per heavy atom. The molecule has 3 aromatic rings. The third-order valence-electron chi connectivity index (χ3n) is 3.72. The minimum atomic E-state index is -0.0400. The van der Waals surface area contributed by atoms with Crippen LogP contribution in [0.4, 0.5) is 11.8 Å². The van der Waals surface area contributed by atoms with Crippen LogP contribution in [0.3, 0.4) is 0 Å². The van der Waals surface area contributed by atoms with E-state index in [9.17, 15) is 5.11 Å². The summed E-state index contributed by atoms with van der Waals surface area (Å²) in [6, 6.07) is 10.2. The van der Waals surface area contributed by atoms with E-state index in [2.05, 4.69) is 37.4 Å². The van der Waals surface area contributed by atoms with Crippen LogP contribution in [0.1, 0.15) is 11.3 Å². The predicted molar refractivity (Wildman–Crippen MR) is 104 cm³/mol. The number of nitrogens with zero attached hydrogens (tertiary/aromatic N) is 4. The molecule has 0 aliphatic rings. The van der Waals surface area contributed by atoms with Gasteiger partial charge in [0.15, 0.2) is 11.5 Å². The Hall–Kier alpha value is -2.49. The molecule has 0 fully saturated rings. The van der Waals surface area contributed by atoms with E-state index in [-0.39, 0.29) is 24.4 Å². The predicted octanol–water partition coefficient (Wildman–Crippen LogP) is 0.968. The highest BCUT2D eigenvalue weighted by Crippen LogP contribution is 2.15. The fraction of sp³-hybridized carbons (Fsp3) is 0.294. The van der Waals surface area contributed by atoms with Gasteiger partial charge < -0.3 is 21.9 Å². The Morgan fingerprint density at radius 1 is 1.12 bits per heavy atom. The molecule has 3 rings (SSSR count). The first kappa shape index (κ1) is 18.3. The second-order valence-electron chi connectivity index (χ2n) is 5.76. The van der Waals surface area contributed by atoms with Gasteiger partial charge in [-0.15, -0.1) is 0 Å². The van der Waals surface area contributed by atoms with Gasteiger partial charge in [0.1, 0.15) is 5.52 Å². The highest BCUT2D eigenvalue weighted by atomic mass is 32.2. The van der Waals surface area contributed by atoms with Gasteiger partial charge in [-0.25, -0.2) is 9.97 Å². The van der Waals surface area contributed by atoms with Gasteiger partial charge in [-0.3, -0.25) is 0 Å². The van der Waals surface area contributed by atoms with Crippen molar-refractivity contribution in [3.05, 3.63) is 47.8 Å². The lowest BCUT2D eigenvalue weighted by molar-refractivity contribution is 0.253. The number of fused-ring (bicyclic) bond motifs is 1. The van der Waals surface area contributed by atoms with E-state index in [4.69, 9.17) is 11.5 Å². The van der Waals surface area contributed by atoms with Crippen LogP contribution in [0.2, 0.25) is 0 Å². The highest BCUT2D eigenvalue weighted by Gasteiger charge is 2.10. The number of thioether (sulfide) groups is 1. The topological polar surface area (TPSA) is 136 Å². The maximum Gasteiger partial charge on any atom is 0.224 e. The van der Waals surface area contributed by atoms with Gasteiger partial charge >= 0.3 is 0 Å². The molecule has 9 heteroatoms. The molecule has 0 saturated heterocycles. The normalized spacial score (nSPS) is 12.3. The number of benzene rings is 1. The molecular formula is C17H21N7OS. The Kier molecular flexibility index (Phi) is 6.16. The molecule has 0 aliphatic heterocycles. The zero-order valence-corrected chi connectivity index (χ0v) is 15.0. The number of aliphatic hydroxyl groups excluding tert-OH is 1. The summed E-state index contributed by atoms with van der Waals surface area (Å²) >= 11 is 1.77. The molecule has 136 valence electrons. The molecule has 1 aromatic carbocycles. The van der Waals surface area contributed by atoms with Crippen molar-refractivity contribution >= 4 is 34.7 Å². The Balaban J connectivity index is 1.55. The summed E-state index contributed by atoms with van der Waals surface area (Å²) in [6.07, 6.45) is 1.62. The Morgan fingerprint density at radius 2 is 1.92 bits per heavy atom. The van der Waals surface area contributed by atoms with Crippen molar-refractivity contribution in [1.29, 1.82) is 0 Å². The third-order valence-corrected chi connectivity index (χ3v) is 4.90. The minimum absolute atomic E-state index is 0.0400. The average molecular weight is 371 g/mol. The molecule has 1 atom stereocenters. The van der Waals surface area contributed by atoms with E-state index in [1.807, 2.05) is 18.2 Å². The molecule has 0 bridgehead atoms. The molecule has 8 nitrogen and oxygen atoms in total. The molecule has 0 amide bonds. The number of anilines is 2. The van der Waals surface area contributed by atoms with Crippen molar-refractivity contribution in [3.63, 3.8) is 0 Å². The lowest BCUT2D eigenvalue weighted by Crippen LogP contribution is -2.34. The molecule has 26 heavy (non-hydrogen) atoms. The van der Waals surface area contributed by atoms with E-state index in [0.29, 0.717) is 23.4 Å². The van der Waals surface area contributed by atoms with Crippen LogP contribution in [0.25, 0.3) is 11.2 Å². The van der Waals surface area contributed by atoms with Gasteiger partial charge in [0.25, 0.3) is 0 Å². The molecule has 0 radical (unpaired) electrons. The van der Waals surface area contributed by atoms with Crippen molar-refractivity contribution < 1.29 is 5.11 Å². The highest BCUT2D eigenvalue weighted by molar-refractivity contribution is 7.98. The first-order valence-electron chi connectivity index (χ1n) is 8.16. The second-order valence-corrected chi connectivity index (χ2v) is 6.79. The molecule has 0 aliphatic carbocycles. The van der Waals surface area contributed by atoms with Gasteiger partial charge in [-0.2, -0.15) is 21.7 Å². The fourth-order valence-corrected chi connectivity index (χ4v) is 3.44. The van der Waals surface area contributed by atoms with Crippen LogP contribution in [-0.4, -0.2) is 43.4 Å². The molecule has 6 N–H and O–H groups in total. The summed E-state index contributed by atoms with van der Waals surface area (Å²) in [7, 11) is 0. The molecular weight excluding hydrogens is 350 g/mol. The van der Waals surface area contributed by atoms with Crippen molar-refractivity contribution in [2.75, 3.05) is 23.8 Å². The Bertz CT molecular complexity index is 862. The number of aromatic nitrogens is 4. The number of aliphatic hydroxyl groups is 1. The molecule has 0 spiro atoms. The minimum Gasteiger partial charge on any atom is -0.395 e. The maximum absolute atomic E-state index is 9.58. The van der Waals surface area contributed by atoms with Gasteiger partial charge in [0.05, 0.1) is 18.5 Å². The SMILES string of the molecule is Nc1nc(N)c2ncc(CNC(CO)CSCc3ccccc3)nc2n1. The van der Waals surface area contributed by atoms with Crippen molar-refractivity contribution in [1.82, 2.24) is 25.3 Å². The van der Waals surface area contributed by atoms with Crippen LogP contribution in [0, 0.1) is 0 Å². The van der Waals surface area contributed by atoms with Crippen molar-refractivity contribution in [2.24, 2.45) is 0 Å². The van der Waals surface area contributed by atoms with E-state index in [1.165, 1.54) is 5.56 Å². The third kappa shape index (κ3) is 4.78. The van der Waals surface area contributed by atoms with E-state index < -0.39 is 0 Å². The number of rotatable bonds is 8. The number of hydrogen-bond acceptors (Lipinski definition) is 9. The van der Waals surface area contributed by atoms with E-state index >= 15 is 0 Å². The quantitative estimate of drug-likeness (QED) is 0.456. The maximum atomic E-state index is 9.58. The zero-order valence-electron chi connectivity index (χ0n) is 14.2. The van der Waals surface area contributed by atoms with E-state index in [1.54, 1.807) is 18.0 Å². The van der Waals surface area contributed by atoms with Gasteiger partial charge in [0, 0.05) is 24.1 Å². The van der Waals surface area contributed by atoms with E-state index in [0.717, 1.165) is 11.5 Å². The summed E-state index contributed by atoms with van der Waals surface area (Å²) < 4.78 is 0. The van der Waals surface area contributed by atoms with Crippen molar-refractivity contribution in [2.45, 2.75) is 18.3 Å². The summed E-state index contributed by atoms with van der Waals surface area (Å²) in [6.45, 7) is 0.509. The lowest BCUT2D eigenvalue weighted by Gasteiger charge is -2.15. The summed E-state index contributed by atoms with van der Waals surface area (Å²) in [5.41, 5.74) is 14.1. The number of nitrogens with one attached hydrogen (secondary N) is 1. The standard InChI is InChI=1S/C17H21N7OS/c18-15-14-16(24-17(19)23-15)22-12(7-21-14)6-20-13(8-25)10-26-9-11-4-2-1-3-5-11/h1-5,7,13,20,25H,6,8-10H2,(H4,18,19,22,23,24). The fourth-order valence-electron chi connectivity index (χ4n) is 2.39. The van der Waals surface area contributed by atoms with Crippen LogP contribution in [0.15, 0.2) is 36.5 Å². The van der Waals surface area contributed by atoms with Gasteiger partial charge in [0.2, 0.25) is 5.95 Å². The largest absolute Gasteiger partial charge is 0.395 e. The van der Waals surface area contributed by atoms with Crippen LogP contribution in [0.5, 0.6) is 0 Å². The first-order valence-corrected chi connectivity index (χ1v) is 9.31. The second kappa shape index (κ2) is 8.75. The van der Waals surface area contributed by atoms with Crippen LogP contribution < -0.4 is 16.8 Å². The zero-order chi connectivity index (χ0) is 18.4. The number of nitrogens with two attached hydrogens (primary N) is 2. The summed E-state index contributed by atoms with van der Waals surface area (Å²) in [5.74, 6) is 1.98. The molecule has 2 aromatic heterocycles.